The fourth-order valence-electron chi connectivity index (χ4n) is 2.34. The summed E-state index contributed by atoms with van der Waals surface area (Å²) in [6.07, 6.45) is 3.45. The van der Waals surface area contributed by atoms with Gasteiger partial charge in [0.05, 0.1) is 7.11 Å². The average Bonchev–Trinajstić information content (AvgIpc) is 2.59. The van der Waals surface area contributed by atoms with E-state index < -0.39 is 0 Å². The molecule has 23 heavy (non-hydrogen) atoms. The molecule has 0 heterocycles. The predicted octanol–water partition coefficient (Wildman–Crippen LogP) is 4.36. The fraction of sp³-hybridized carbons (Fsp3) is 0.316. The molecular formula is C19H24N2O2. The number of anilines is 1. The van der Waals surface area contributed by atoms with E-state index in [9.17, 15) is 4.79 Å². The van der Waals surface area contributed by atoms with Crippen molar-refractivity contribution in [3.05, 3.63) is 59.7 Å². The molecule has 2 aromatic carbocycles. The molecule has 0 atom stereocenters. The Morgan fingerprint density at radius 2 is 1.83 bits per heavy atom. The summed E-state index contributed by atoms with van der Waals surface area (Å²) in [7, 11) is 1.62. The fourth-order valence-corrected chi connectivity index (χ4v) is 2.34. The van der Waals surface area contributed by atoms with Crippen LogP contribution in [0.5, 0.6) is 5.75 Å². The normalized spacial score (nSPS) is 10.2. The number of urea groups is 1. The Hall–Kier alpha value is -2.49. The van der Waals surface area contributed by atoms with Gasteiger partial charge in [0.15, 0.2) is 0 Å². The van der Waals surface area contributed by atoms with Crippen LogP contribution in [0.4, 0.5) is 10.5 Å². The van der Waals surface area contributed by atoms with Crippen molar-refractivity contribution in [2.45, 2.75) is 32.7 Å². The standard InChI is InChI=1S/C19H24N2O2/c1-3-4-7-15-10-12-17(13-11-15)21-19(22)20-14-16-8-5-6-9-18(16)23-2/h5-6,8-13H,3-4,7,14H2,1-2H3,(H2,20,21,22). The van der Waals surface area contributed by atoms with Gasteiger partial charge < -0.3 is 15.4 Å². The van der Waals surface area contributed by atoms with E-state index in [0.717, 1.165) is 23.4 Å². The Morgan fingerprint density at radius 1 is 1.09 bits per heavy atom. The van der Waals surface area contributed by atoms with Crippen LogP contribution in [-0.4, -0.2) is 13.1 Å². The maximum absolute atomic E-state index is 12.0. The minimum Gasteiger partial charge on any atom is -0.496 e. The van der Waals surface area contributed by atoms with Crippen molar-refractivity contribution in [1.82, 2.24) is 5.32 Å². The quantitative estimate of drug-likeness (QED) is 0.798. The molecule has 0 aliphatic heterocycles. The number of nitrogens with one attached hydrogen (secondary N) is 2. The Bertz CT molecular complexity index is 624. The first-order chi connectivity index (χ1) is 11.2. The van der Waals surface area contributed by atoms with Crippen molar-refractivity contribution in [2.75, 3.05) is 12.4 Å². The van der Waals surface area contributed by atoms with Crippen molar-refractivity contribution in [3.63, 3.8) is 0 Å². The lowest BCUT2D eigenvalue weighted by molar-refractivity contribution is 0.251. The second kappa shape index (κ2) is 8.83. The summed E-state index contributed by atoms with van der Waals surface area (Å²) >= 11 is 0. The number of unbranched alkanes of at least 4 members (excludes halogenated alkanes) is 1. The molecule has 2 amide bonds. The molecule has 0 spiro atoms. The number of ether oxygens (including phenoxy) is 1. The van der Waals surface area contributed by atoms with Crippen LogP contribution in [0.15, 0.2) is 48.5 Å². The average molecular weight is 312 g/mol. The first-order valence-corrected chi connectivity index (χ1v) is 7.98. The topological polar surface area (TPSA) is 50.4 Å². The number of methoxy groups -OCH3 is 1. The van der Waals surface area contributed by atoms with Crippen LogP contribution in [0.2, 0.25) is 0 Å². The van der Waals surface area contributed by atoms with E-state index in [1.165, 1.54) is 18.4 Å². The summed E-state index contributed by atoms with van der Waals surface area (Å²) in [5, 5.41) is 5.68. The maximum Gasteiger partial charge on any atom is 0.319 e. The third kappa shape index (κ3) is 5.33. The van der Waals surface area contributed by atoms with E-state index in [1.54, 1.807) is 7.11 Å². The number of benzene rings is 2. The van der Waals surface area contributed by atoms with Crippen LogP contribution in [0, 0.1) is 0 Å². The zero-order chi connectivity index (χ0) is 16.5. The van der Waals surface area contributed by atoms with E-state index in [0.29, 0.717) is 6.54 Å². The molecule has 122 valence electrons. The third-order valence-corrected chi connectivity index (χ3v) is 3.66. The molecule has 4 heteroatoms. The summed E-state index contributed by atoms with van der Waals surface area (Å²) in [5.41, 5.74) is 3.04. The summed E-state index contributed by atoms with van der Waals surface area (Å²) in [4.78, 5) is 12.0. The first-order valence-electron chi connectivity index (χ1n) is 7.98. The van der Waals surface area contributed by atoms with Gasteiger partial charge in [-0.1, -0.05) is 43.7 Å². The smallest absolute Gasteiger partial charge is 0.319 e. The highest BCUT2D eigenvalue weighted by molar-refractivity contribution is 5.89. The molecule has 2 rings (SSSR count). The Labute approximate surface area is 137 Å². The van der Waals surface area contributed by atoms with Crippen LogP contribution in [0.25, 0.3) is 0 Å². The molecule has 0 radical (unpaired) electrons. The van der Waals surface area contributed by atoms with Gasteiger partial charge in [0.1, 0.15) is 5.75 Å². The number of para-hydroxylation sites is 1. The van der Waals surface area contributed by atoms with Gasteiger partial charge in [0, 0.05) is 17.8 Å². The highest BCUT2D eigenvalue weighted by Gasteiger charge is 2.05. The van der Waals surface area contributed by atoms with Gasteiger partial charge in [0.25, 0.3) is 0 Å². The van der Waals surface area contributed by atoms with E-state index in [1.807, 2.05) is 36.4 Å². The van der Waals surface area contributed by atoms with E-state index in [-0.39, 0.29) is 6.03 Å². The molecule has 0 bridgehead atoms. The van der Waals surface area contributed by atoms with Crippen molar-refractivity contribution in [1.29, 1.82) is 0 Å². The summed E-state index contributed by atoms with van der Waals surface area (Å²) in [5.74, 6) is 0.771. The number of rotatable bonds is 7. The number of carbonyl (C=O) groups excluding carboxylic acids is 1. The van der Waals surface area contributed by atoms with E-state index >= 15 is 0 Å². The highest BCUT2D eigenvalue weighted by atomic mass is 16.5. The van der Waals surface area contributed by atoms with Gasteiger partial charge >= 0.3 is 6.03 Å². The molecule has 2 N–H and O–H groups in total. The highest BCUT2D eigenvalue weighted by Crippen LogP contribution is 2.17. The number of amides is 2. The summed E-state index contributed by atoms with van der Waals surface area (Å²) in [6.45, 7) is 2.60. The number of hydrogen-bond donors (Lipinski definition) is 2. The monoisotopic (exact) mass is 312 g/mol. The maximum atomic E-state index is 12.0. The summed E-state index contributed by atoms with van der Waals surface area (Å²) in [6, 6.07) is 15.4. The molecule has 2 aromatic rings. The lowest BCUT2D eigenvalue weighted by Gasteiger charge is -2.11. The van der Waals surface area contributed by atoms with Crippen molar-refractivity contribution in [3.8, 4) is 5.75 Å². The minimum absolute atomic E-state index is 0.225. The largest absolute Gasteiger partial charge is 0.496 e. The zero-order valence-corrected chi connectivity index (χ0v) is 13.8. The molecule has 0 aromatic heterocycles. The van der Waals surface area contributed by atoms with Crippen LogP contribution < -0.4 is 15.4 Å². The molecule has 4 nitrogen and oxygen atoms in total. The van der Waals surface area contributed by atoms with Crippen molar-refractivity contribution >= 4 is 11.7 Å². The van der Waals surface area contributed by atoms with Gasteiger partial charge in [0.2, 0.25) is 0 Å². The molecule has 0 aliphatic carbocycles. The molecular weight excluding hydrogens is 288 g/mol. The molecule has 0 unspecified atom stereocenters. The van der Waals surface area contributed by atoms with Gasteiger partial charge in [-0.05, 0) is 36.6 Å². The first kappa shape index (κ1) is 16.9. The Morgan fingerprint density at radius 3 is 2.52 bits per heavy atom. The minimum atomic E-state index is -0.225. The number of carbonyl (C=O) groups is 1. The number of aryl methyl sites for hydroxylation is 1. The van der Waals surface area contributed by atoms with Crippen LogP contribution >= 0.6 is 0 Å². The number of hydrogen-bond acceptors (Lipinski definition) is 2. The second-order valence-corrected chi connectivity index (χ2v) is 5.42. The second-order valence-electron chi connectivity index (χ2n) is 5.42. The predicted molar refractivity (Wildman–Crippen MR) is 93.9 cm³/mol. The van der Waals surface area contributed by atoms with E-state index in [2.05, 4.69) is 29.7 Å². The summed E-state index contributed by atoms with van der Waals surface area (Å²) < 4.78 is 5.27. The lowest BCUT2D eigenvalue weighted by atomic mass is 10.1. The van der Waals surface area contributed by atoms with Crippen molar-refractivity contribution < 1.29 is 9.53 Å². The van der Waals surface area contributed by atoms with Gasteiger partial charge in [-0.2, -0.15) is 0 Å². The van der Waals surface area contributed by atoms with Gasteiger partial charge in [-0.15, -0.1) is 0 Å². The van der Waals surface area contributed by atoms with Crippen LogP contribution in [0.3, 0.4) is 0 Å². The molecule has 0 fully saturated rings. The Kier molecular flexibility index (Phi) is 6.48. The third-order valence-electron chi connectivity index (χ3n) is 3.66. The SMILES string of the molecule is CCCCc1ccc(NC(=O)NCc2ccccc2OC)cc1. The van der Waals surface area contributed by atoms with Gasteiger partial charge in [-0.3, -0.25) is 0 Å². The molecule has 0 aliphatic rings. The van der Waals surface area contributed by atoms with Crippen molar-refractivity contribution in [2.24, 2.45) is 0 Å². The molecule has 0 saturated heterocycles. The molecule has 0 saturated carbocycles. The van der Waals surface area contributed by atoms with Gasteiger partial charge in [-0.25, -0.2) is 4.79 Å². The van der Waals surface area contributed by atoms with Crippen LogP contribution in [-0.2, 0) is 13.0 Å². The lowest BCUT2D eigenvalue weighted by Crippen LogP contribution is -2.28. The Balaban J connectivity index is 1.84. The van der Waals surface area contributed by atoms with Crippen LogP contribution in [0.1, 0.15) is 30.9 Å². The zero-order valence-electron chi connectivity index (χ0n) is 13.8. The van der Waals surface area contributed by atoms with E-state index in [4.69, 9.17) is 4.74 Å².